The summed E-state index contributed by atoms with van der Waals surface area (Å²) in [5.41, 5.74) is 11.0. The lowest BCUT2D eigenvalue weighted by Crippen LogP contribution is -2.17. The molecule has 0 aliphatic rings. The molecule has 4 heterocycles. The van der Waals surface area contributed by atoms with Crippen LogP contribution in [0, 0.1) is 0 Å². The number of para-hydroxylation sites is 1. The van der Waals surface area contributed by atoms with E-state index in [9.17, 15) is 5.11 Å². The zero-order valence-electron chi connectivity index (χ0n) is 28.6. The van der Waals surface area contributed by atoms with Crippen molar-refractivity contribution in [1.29, 1.82) is 0 Å². The summed E-state index contributed by atoms with van der Waals surface area (Å²) < 4.78 is 8.12. The van der Waals surface area contributed by atoms with Crippen molar-refractivity contribution in [2.75, 3.05) is 0 Å². The van der Waals surface area contributed by atoms with Crippen LogP contribution in [0.4, 0.5) is 0 Å². The summed E-state index contributed by atoms with van der Waals surface area (Å²) in [6, 6.07) is 34.9. The number of benzene rings is 4. The van der Waals surface area contributed by atoms with E-state index < -0.39 is 0 Å². The number of hydrogen-bond acceptors (Lipinski definition) is 5. The van der Waals surface area contributed by atoms with E-state index in [1.807, 2.05) is 54.6 Å². The number of hydrogen-bond donors (Lipinski definition) is 1. The van der Waals surface area contributed by atoms with Gasteiger partial charge in [-0.15, -0.1) is 0 Å². The smallest absolute Gasteiger partial charge is 0.172 e. The molecule has 0 radical (unpaired) electrons. The topological polar surface area (TPSA) is 76.5 Å². The summed E-state index contributed by atoms with van der Waals surface area (Å²) in [5, 5.41) is 12.9. The first kappa shape index (κ1) is 30.6. The molecule has 1 N–H and O–H groups in total. The Kier molecular flexibility index (Phi) is 6.97. The number of fused-ring (bicyclic) bond motifs is 4. The molecule has 0 amide bonds. The molecule has 0 atom stereocenters. The van der Waals surface area contributed by atoms with Crippen LogP contribution >= 0.6 is 0 Å². The van der Waals surface area contributed by atoms with Gasteiger partial charge in [0.15, 0.2) is 11.4 Å². The summed E-state index contributed by atoms with van der Waals surface area (Å²) >= 11 is 0. The van der Waals surface area contributed by atoms with Gasteiger partial charge in [0, 0.05) is 39.4 Å². The average molecular weight is 643 g/mol. The van der Waals surface area contributed by atoms with Gasteiger partial charge in [-0.25, -0.2) is 15.0 Å². The summed E-state index contributed by atoms with van der Waals surface area (Å²) in [6.07, 6.45) is 3.81. The zero-order chi connectivity index (χ0) is 34.1. The number of aromatic nitrogens is 4. The molecule has 0 aliphatic carbocycles. The van der Waals surface area contributed by atoms with E-state index in [2.05, 4.69) is 106 Å². The first-order valence-electron chi connectivity index (χ1n) is 16.7. The van der Waals surface area contributed by atoms with Gasteiger partial charge in [0.25, 0.3) is 0 Å². The second-order valence-electron chi connectivity index (χ2n) is 14.8. The monoisotopic (exact) mass is 642 g/mol. The van der Waals surface area contributed by atoms with Crippen LogP contribution in [0.25, 0.3) is 72.7 Å². The van der Waals surface area contributed by atoms with Gasteiger partial charge >= 0.3 is 0 Å². The molecule has 0 aliphatic heterocycles. The molecule has 4 aromatic heterocycles. The van der Waals surface area contributed by atoms with E-state index >= 15 is 0 Å². The number of pyridine rings is 1. The molecule has 4 aromatic carbocycles. The molecule has 0 saturated carbocycles. The minimum absolute atomic E-state index is 0.131. The molecular formula is C43H38N4O2. The first-order chi connectivity index (χ1) is 23.5. The van der Waals surface area contributed by atoms with Gasteiger partial charge in [-0.05, 0) is 58.4 Å². The van der Waals surface area contributed by atoms with Crippen LogP contribution in [0.1, 0.15) is 52.7 Å². The van der Waals surface area contributed by atoms with Crippen molar-refractivity contribution in [3.8, 4) is 50.8 Å². The van der Waals surface area contributed by atoms with Crippen molar-refractivity contribution in [3.63, 3.8) is 0 Å². The van der Waals surface area contributed by atoms with Gasteiger partial charge in [0.1, 0.15) is 28.2 Å². The molecule has 242 valence electrons. The summed E-state index contributed by atoms with van der Waals surface area (Å²) in [5.74, 6) is 0.893. The second-order valence-corrected chi connectivity index (χ2v) is 14.8. The SMILES string of the molecule is CC(C)(C)c1cc(-c2nc3c(-c4cccc(-c5ncc6oc7ccccc7c6n5)c4)cccn3c2-c2ccccc2)c(O)c(C(C)(C)C)c1. The normalized spacial score (nSPS) is 12.4. The highest BCUT2D eigenvalue weighted by atomic mass is 16.3. The molecule has 49 heavy (non-hydrogen) atoms. The number of phenolic OH excluding ortho intramolecular Hbond substituents is 1. The van der Waals surface area contributed by atoms with Gasteiger partial charge in [-0.3, -0.25) is 4.40 Å². The van der Waals surface area contributed by atoms with Crippen molar-refractivity contribution >= 4 is 27.7 Å². The zero-order valence-corrected chi connectivity index (χ0v) is 28.6. The lowest BCUT2D eigenvalue weighted by molar-refractivity contribution is 0.446. The first-order valence-corrected chi connectivity index (χ1v) is 16.7. The van der Waals surface area contributed by atoms with Crippen LogP contribution in [0.2, 0.25) is 0 Å². The van der Waals surface area contributed by atoms with Crippen LogP contribution < -0.4 is 0 Å². The van der Waals surface area contributed by atoms with E-state index in [1.165, 1.54) is 0 Å². The summed E-state index contributed by atoms with van der Waals surface area (Å²) in [6.45, 7) is 13.0. The fourth-order valence-electron chi connectivity index (χ4n) is 6.65. The number of aromatic hydroxyl groups is 1. The van der Waals surface area contributed by atoms with Crippen LogP contribution in [-0.2, 0) is 10.8 Å². The Morgan fingerprint density at radius 1 is 0.653 bits per heavy atom. The maximum atomic E-state index is 12.0. The Morgan fingerprint density at radius 3 is 2.16 bits per heavy atom. The molecular weight excluding hydrogens is 604 g/mol. The second kappa shape index (κ2) is 11.2. The van der Waals surface area contributed by atoms with Gasteiger partial charge in [0.2, 0.25) is 0 Å². The van der Waals surface area contributed by atoms with E-state index in [4.69, 9.17) is 14.4 Å². The van der Waals surface area contributed by atoms with Crippen molar-refractivity contribution < 1.29 is 9.52 Å². The average Bonchev–Trinajstić information content (AvgIpc) is 3.66. The van der Waals surface area contributed by atoms with E-state index in [0.717, 1.165) is 72.5 Å². The minimum atomic E-state index is -0.272. The third-order valence-electron chi connectivity index (χ3n) is 9.29. The van der Waals surface area contributed by atoms with Gasteiger partial charge in [-0.1, -0.05) is 108 Å². The van der Waals surface area contributed by atoms with Gasteiger partial charge in [0.05, 0.1) is 11.9 Å². The fourth-order valence-corrected chi connectivity index (χ4v) is 6.65. The highest BCUT2D eigenvalue weighted by molar-refractivity contribution is 6.02. The quantitative estimate of drug-likeness (QED) is 0.207. The molecule has 8 aromatic rings. The van der Waals surface area contributed by atoms with Crippen LogP contribution in [-0.4, -0.2) is 24.5 Å². The van der Waals surface area contributed by atoms with Crippen LogP contribution in [0.15, 0.2) is 120 Å². The maximum absolute atomic E-state index is 12.0. The van der Waals surface area contributed by atoms with E-state index in [0.29, 0.717) is 11.4 Å². The third-order valence-corrected chi connectivity index (χ3v) is 9.29. The lowest BCUT2D eigenvalue weighted by Gasteiger charge is -2.27. The molecule has 0 bridgehead atoms. The number of rotatable bonds is 4. The van der Waals surface area contributed by atoms with Crippen molar-refractivity contribution in [1.82, 2.24) is 19.4 Å². The lowest BCUT2D eigenvalue weighted by atomic mass is 9.78. The Labute approximate surface area is 285 Å². The molecule has 6 nitrogen and oxygen atoms in total. The Balaban J connectivity index is 1.35. The summed E-state index contributed by atoms with van der Waals surface area (Å²) in [7, 11) is 0. The molecule has 6 heteroatoms. The molecule has 0 spiro atoms. The van der Waals surface area contributed by atoms with Gasteiger partial charge < -0.3 is 9.52 Å². The number of nitrogens with zero attached hydrogens (tertiary/aromatic N) is 4. The van der Waals surface area contributed by atoms with Crippen molar-refractivity contribution in [2.45, 2.75) is 52.4 Å². The van der Waals surface area contributed by atoms with Gasteiger partial charge in [-0.2, -0.15) is 0 Å². The van der Waals surface area contributed by atoms with E-state index in [1.54, 1.807) is 6.20 Å². The van der Waals surface area contributed by atoms with E-state index in [-0.39, 0.29) is 16.6 Å². The Morgan fingerprint density at radius 2 is 1.39 bits per heavy atom. The number of imidazole rings is 1. The van der Waals surface area contributed by atoms with Crippen molar-refractivity contribution in [2.24, 2.45) is 0 Å². The number of furan rings is 1. The maximum Gasteiger partial charge on any atom is 0.172 e. The highest BCUT2D eigenvalue weighted by Crippen LogP contribution is 2.45. The molecule has 0 saturated heterocycles. The minimum Gasteiger partial charge on any atom is -0.507 e. The highest BCUT2D eigenvalue weighted by Gasteiger charge is 2.29. The Bertz CT molecular complexity index is 2530. The van der Waals surface area contributed by atoms with Crippen LogP contribution in [0.5, 0.6) is 5.75 Å². The third kappa shape index (κ3) is 5.24. The molecule has 0 fully saturated rings. The number of phenols is 1. The predicted molar refractivity (Wildman–Crippen MR) is 199 cm³/mol. The van der Waals surface area contributed by atoms with Crippen molar-refractivity contribution in [3.05, 3.63) is 127 Å². The van der Waals surface area contributed by atoms with Crippen LogP contribution in [0.3, 0.4) is 0 Å². The largest absolute Gasteiger partial charge is 0.507 e. The summed E-state index contributed by atoms with van der Waals surface area (Å²) in [4.78, 5) is 15.0. The predicted octanol–water partition coefficient (Wildman–Crippen LogP) is 11.0. The Hall–Kier alpha value is -5.75. The molecule has 0 unspecified atom stereocenters. The fraction of sp³-hybridized carbons (Fsp3) is 0.186. The molecule has 8 rings (SSSR count). The standard InChI is InChI=1S/C43H38N4O2/c1-42(2,3)29-23-32(39(48)33(24-29)43(4,5)6)37-38(26-14-8-7-9-15-26)47-21-13-19-30(41(47)46-37)27-16-12-17-28(22-27)40-44-25-35-36(45-40)31-18-10-11-20-34(31)49-35/h7-25,48H,1-6H3.